The summed E-state index contributed by atoms with van der Waals surface area (Å²) in [6.45, 7) is 11.9. The molecule has 3 amide bonds. The summed E-state index contributed by atoms with van der Waals surface area (Å²) in [6, 6.07) is 12.6. The Balaban J connectivity index is 1.61. The van der Waals surface area contributed by atoms with Crippen LogP contribution in [-0.2, 0) is 20.6 Å². The van der Waals surface area contributed by atoms with Crippen LogP contribution in [0.5, 0.6) is 0 Å². The summed E-state index contributed by atoms with van der Waals surface area (Å²) in [6.07, 6.45) is 2.91. The molecular weight excluding hydrogens is 615 g/mol. The van der Waals surface area contributed by atoms with Crippen molar-refractivity contribution in [3.8, 4) is 11.1 Å². The molecule has 3 N–H and O–H groups in total. The van der Waals surface area contributed by atoms with Gasteiger partial charge < -0.3 is 20.4 Å². The first-order chi connectivity index (χ1) is 21.1. The van der Waals surface area contributed by atoms with Crippen molar-refractivity contribution in [1.82, 2.24) is 19.7 Å². The molecule has 0 saturated heterocycles. The first-order valence-corrected chi connectivity index (χ1v) is 17.8. The first kappa shape index (κ1) is 33.8. The van der Waals surface area contributed by atoms with Crippen LogP contribution in [0.1, 0.15) is 38.2 Å². The summed E-state index contributed by atoms with van der Waals surface area (Å²) < 4.78 is 23.4. The molecule has 2 aromatic carbocycles. The number of halogens is 2. The third kappa shape index (κ3) is 7.58. The highest BCUT2D eigenvalue weighted by atomic mass is 35.5. The summed E-state index contributed by atoms with van der Waals surface area (Å²) >= 11 is 6.24. The molecule has 13 heteroatoms. The van der Waals surface area contributed by atoms with Crippen molar-refractivity contribution in [2.75, 3.05) is 18.5 Å². The van der Waals surface area contributed by atoms with Crippen LogP contribution < -0.4 is 11.1 Å². The average molecular weight is 653 g/mol. The van der Waals surface area contributed by atoms with Gasteiger partial charge in [0.2, 0.25) is 11.8 Å². The topological polar surface area (TPSA) is 132 Å². The molecule has 0 aliphatic carbocycles. The highest BCUT2D eigenvalue weighted by molar-refractivity contribution is 6.74. The van der Waals surface area contributed by atoms with Crippen LogP contribution in [0.3, 0.4) is 0 Å². The summed E-state index contributed by atoms with van der Waals surface area (Å²) in [7, 11) is -2.19. The van der Waals surface area contributed by atoms with Gasteiger partial charge in [0.25, 0.3) is 5.91 Å². The molecule has 45 heavy (non-hydrogen) atoms. The van der Waals surface area contributed by atoms with Crippen LogP contribution in [0.15, 0.2) is 60.9 Å². The second kappa shape index (κ2) is 13.5. The number of primary amides is 1. The number of fused-ring (bicyclic) bond motifs is 1. The number of carbonyl (C=O) groups excluding carboxylic acids is 3. The molecule has 0 aliphatic heterocycles. The van der Waals surface area contributed by atoms with Gasteiger partial charge >= 0.3 is 0 Å². The van der Waals surface area contributed by atoms with E-state index in [0.717, 1.165) is 0 Å². The molecule has 0 fully saturated rings. The number of aromatic nitrogens is 3. The Morgan fingerprint density at radius 3 is 2.49 bits per heavy atom. The fourth-order valence-electron chi connectivity index (χ4n) is 4.55. The van der Waals surface area contributed by atoms with Crippen LogP contribution in [0, 0.1) is 5.82 Å². The molecule has 10 nitrogen and oxygen atoms in total. The van der Waals surface area contributed by atoms with Crippen molar-refractivity contribution >= 4 is 54.2 Å². The zero-order valence-corrected chi connectivity index (χ0v) is 28.0. The molecule has 1 atom stereocenters. The number of nitrogens with zero attached hydrogens (tertiary/aromatic N) is 4. The molecule has 0 spiro atoms. The van der Waals surface area contributed by atoms with Gasteiger partial charge in [-0.2, -0.15) is 5.10 Å². The largest absolute Gasteiger partial charge is 0.415 e. The molecule has 238 valence electrons. The van der Waals surface area contributed by atoms with Crippen molar-refractivity contribution < 1.29 is 23.2 Å². The third-order valence-corrected chi connectivity index (χ3v) is 13.0. The second-order valence-corrected chi connectivity index (χ2v) is 17.6. The van der Waals surface area contributed by atoms with Gasteiger partial charge in [-0.25, -0.2) is 4.39 Å². The SMILES string of the molecule is C[C@H](CO[Si](C)(C)C(C)(C)C)N(CC(=O)Nc1cccc(-c2ccncc2Cl)c1F)C(=O)Cn1nc(C(N)=O)c2ccccc21. The van der Waals surface area contributed by atoms with E-state index in [0.29, 0.717) is 16.5 Å². The number of hydrogen-bond donors (Lipinski definition) is 2. The van der Waals surface area contributed by atoms with Crippen LogP contribution in [0.25, 0.3) is 22.0 Å². The van der Waals surface area contributed by atoms with Crippen molar-refractivity contribution in [2.24, 2.45) is 5.73 Å². The van der Waals surface area contributed by atoms with Crippen LogP contribution in [0.2, 0.25) is 23.2 Å². The highest BCUT2D eigenvalue weighted by Crippen LogP contribution is 2.37. The Morgan fingerprint density at radius 1 is 1.11 bits per heavy atom. The molecule has 0 bridgehead atoms. The summed E-state index contributed by atoms with van der Waals surface area (Å²) in [4.78, 5) is 44.6. The van der Waals surface area contributed by atoms with Gasteiger partial charge in [-0.3, -0.25) is 24.0 Å². The second-order valence-electron chi connectivity index (χ2n) is 12.4. The average Bonchev–Trinajstić information content (AvgIpc) is 3.34. The number of para-hydroxylation sites is 1. The number of amides is 3. The van der Waals surface area contributed by atoms with Crippen LogP contribution >= 0.6 is 11.6 Å². The van der Waals surface area contributed by atoms with Crippen molar-refractivity contribution in [3.05, 3.63) is 77.5 Å². The van der Waals surface area contributed by atoms with E-state index in [1.54, 1.807) is 49.4 Å². The van der Waals surface area contributed by atoms with Gasteiger partial charge in [0, 0.05) is 28.9 Å². The monoisotopic (exact) mass is 652 g/mol. The maximum absolute atomic E-state index is 15.6. The fraction of sp³-hybridized carbons (Fsp3) is 0.344. The van der Waals surface area contributed by atoms with Crippen molar-refractivity contribution in [3.63, 3.8) is 0 Å². The number of nitrogens with two attached hydrogens (primary N) is 1. The minimum Gasteiger partial charge on any atom is -0.415 e. The Hall–Kier alpha value is -4.13. The minimum atomic E-state index is -2.19. The van der Waals surface area contributed by atoms with E-state index in [2.05, 4.69) is 49.3 Å². The number of carbonyl (C=O) groups is 3. The predicted octanol–water partition coefficient (Wildman–Crippen LogP) is 5.87. The van der Waals surface area contributed by atoms with Gasteiger partial charge in [-0.15, -0.1) is 0 Å². The molecule has 0 radical (unpaired) electrons. The van der Waals surface area contributed by atoms with E-state index in [1.165, 1.54) is 28.0 Å². The quantitative estimate of drug-likeness (QED) is 0.195. The minimum absolute atomic E-state index is 0.0432. The zero-order valence-electron chi connectivity index (χ0n) is 26.2. The number of anilines is 1. The molecule has 0 unspecified atom stereocenters. The maximum Gasteiger partial charge on any atom is 0.269 e. The van der Waals surface area contributed by atoms with Gasteiger partial charge in [-0.05, 0) is 43.3 Å². The van der Waals surface area contributed by atoms with E-state index in [-0.39, 0.29) is 46.7 Å². The normalized spacial score (nSPS) is 12.6. The number of pyridine rings is 1. The lowest BCUT2D eigenvalue weighted by molar-refractivity contribution is -0.138. The molecule has 2 heterocycles. The maximum atomic E-state index is 15.6. The predicted molar refractivity (Wildman–Crippen MR) is 176 cm³/mol. The molecule has 4 rings (SSSR count). The summed E-state index contributed by atoms with van der Waals surface area (Å²) in [5.74, 6) is -2.45. The Labute approximate surface area is 267 Å². The number of benzene rings is 2. The van der Waals surface area contributed by atoms with Gasteiger partial charge in [0.05, 0.1) is 28.9 Å². The van der Waals surface area contributed by atoms with Gasteiger partial charge in [0.15, 0.2) is 19.8 Å². The lowest BCUT2D eigenvalue weighted by Crippen LogP contribution is -2.50. The van der Waals surface area contributed by atoms with E-state index < -0.39 is 37.9 Å². The number of nitrogens with one attached hydrogen (secondary N) is 1. The molecule has 0 aliphatic rings. The Morgan fingerprint density at radius 2 is 1.82 bits per heavy atom. The molecular formula is C32H38ClFN6O4Si. The molecule has 4 aromatic rings. The lowest BCUT2D eigenvalue weighted by Gasteiger charge is -2.38. The Bertz CT molecular complexity index is 1740. The lowest BCUT2D eigenvalue weighted by atomic mass is 10.1. The third-order valence-electron chi connectivity index (χ3n) is 8.17. The number of rotatable bonds is 11. The van der Waals surface area contributed by atoms with E-state index in [1.807, 2.05) is 0 Å². The molecule has 0 saturated carbocycles. The van der Waals surface area contributed by atoms with Crippen LogP contribution in [-0.4, -0.2) is 64.9 Å². The van der Waals surface area contributed by atoms with E-state index in [4.69, 9.17) is 21.8 Å². The van der Waals surface area contributed by atoms with Gasteiger partial charge in [0.1, 0.15) is 13.1 Å². The summed E-state index contributed by atoms with van der Waals surface area (Å²) in [5, 5.41) is 7.61. The summed E-state index contributed by atoms with van der Waals surface area (Å²) in [5.41, 5.74) is 6.68. The van der Waals surface area contributed by atoms with Crippen LogP contribution in [0.4, 0.5) is 10.1 Å². The molecule has 2 aromatic heterocycles. The van der Waals surface area contributed by atoms with Crippen molar-refractivity contribution in [1.29, 1.82) is 0 Å². The standard InChI is InChI=1S/C32H38ClFN6O4Si/c1-20(19-44-45(5,6)32(2,3)4)39(28(42)18-40-26-13-8-7-10-23(26)30(38-40)31(35)43)17-27(41)37-25-12-9-11-22(29(25)34)21-14-15-36-16-24(21)33/h7-16,20H,17-19H2,1-6H3,(H2,35,43)(H,37,41)/t20-/m1/s1. The highest BCUT2D eigenvalue weighted by Gasteiger charge is 2.38. The van der Waals surface area contributed by atoms with E-state index in [9.17, 15) is 14.4 Å². The smallest absolute Gasteiger partial charge is 0.269 e. The zero-order chi connectivity index (χ0) is 33.1. The van der Waals surface area contributed by atoms with Crippen molar-refractivity contribution in [2.45, 2.75) is 58.4 Å². The van der Waals surface area contributed by atoms with Gasteiger partial charge in [-0.1, -0.05) is 62.7 Å². The Kier molecular flexibility index (Phi) is 10.1. The van der Waals surface area contributed by atoms with E-state index >= 15 is 4.39 Å². The number of hydrogen-bond acceptors (Lipinski definition) is 6. The fourth-order valence-corrected chi connectivity index (χ4v) is 5.86. The first-order valence-electron chi connectivity index (χ1n) is 14.5.